The minimum Gasteiger partial charge on any atom is -0.453 e. The van der Waals surface area contributed by atoms with Gasteiger partial charge >= 0.3 is 6.09 Å². The molecule has 0 spiro atoms. The Hall–Kier alpha value is -4.67. The Labute approximate surface area is 300 Å². The Morgan fingerprint density at radius 3 is 2.04 bits per heavy atom. The zero-order valence-electron chi connectivity index (χ0n) is 30.1. The van der Waals surface area contributed by atoms with Gasteiger partial charge in [0.2, 0.25) is 11.8 Å². The first-order valence-corrected chi connectivity index (χ1v) is 18.8. The van der Waals surface area contributed by atoms with Gasteiger partial charge in [0.25, 0.3) is 0 Å². The first kappa shape index (κ1) is 34.8. The number of nitrogens with one attached hydrogen (secondary N) is 3. The molecule has 3 aromatic rings. The molecule has 270 valence electrons. The summed E-state index contributed by atoms with van der Waals surface area (Å²) in [7, 11) is 1.37. The molecule has 2 aliphatic carbocycles. The topological polar surface area (TPSA) is 136 Å². The van der Waals surface area contributed by atoms with Gasteiger partial charge in [0.15, 0.2) is 0 Å². The van der Waals surface area contributed by atoms with Crippen LogP contribution in [0.4, 0.5) is 4.79 Å². The van der Waals surface area contributed by atoms with E-state index in [9.17, 15) is 14.4 Å². The highest BCUT2D eigenvalue weighted by Crippen LogP contribution is 2.37. The molecule has 11 nitrogen and oxygen atoms in total. The van der Waals surface area contributed by atoms with Crippen molar-refractivity contribution in [2.75, 3.05) is 20.2 Å². The Balaban J connectivity index is 0.962. The van der Waals surface area contributed by atoms with Crippen molar-refractivity contribution in [3.8, 4) is 11.3 Å². The Morgan fingerprint density at radius 2 is 1.39 bits per heavy atom. The predicted octanol–water partition coefficient (Wildman–Crippen LogP) is 7.35. The van der Waals surface area contributed by atoms with E-state index in [0.717, 1.165) is 106 Å². The van der Waals surface area contributed by atoms with Crippen molar-refractivity contribution in [2.24, 2.45) is 11.8 Å². The van der Waals surface area contributed by atoms with Gasteiger partial charge in [-0.2, -0.15) is 0 Å². The lowest BCUT2D eigenvalue weighted by molar-refractivity contribution is -0.137. The van der Waals surface area contributed by atoms with Crippen molar-refractivity contribution < 1.29 is 19.1 Å². The summed E-state index contributed by atoms with van der Waals surface area (Å²) in [6.45, 7) is 5.74. The first-order valence-electron chi connectivity index (χ1n) is 18.8. The number of carbonyl (C=O) groups excluding carboxylic acids is 3. The summed E-state index contributed by atoms with van der Waals surface area (Å²) >= 11 is 0. The number of nitrogens with zero attached hydrogens (tertiary/aromatic N) is 4. The number of imidazole rings is 2. The molecular weight excluding hydrogens is 642 g/mol. The quantitative estimate of drug-likeness (QED) is 0.215. The maximum atomic E-state index is 13.6. The summed E-state index contributed by atoms with van der Waals surface area (Å²) in [5.41, 5.74) is 6.79. The molecule has 1 saturated carbocycles. The molecule has 4 heterocycles. The molecule has 2 aliphatic heterocycles. The maximum Gasteiger partial charge on any atom is 0.407 e. The van der Waals surface area contributed by atoms with E-state index in [1.54, 1.807) is 0 Å². The molecule has 3 fully saturated rings. The number of rotatable bonds is 9. The van der Waals surface area contributed by atoms with Gasteiger partial charge in [-0.3, -0.25) is 9.59 Å². The van der Waals surface area contributed by atoms with Crippen LogP contribution in [-0.2, 0) is 14.3 Å². The smallest absolute Gasteiger partial charge is 0.407 e. The molecule has 2 atom stereocenters. The van der Waals surface area contributed by atoms with Gasteiger partial charge in [-0.05, 0) is 92.4 Å². The number of aromatic nitrogens is 4. The molecule has 51 heavy (non-hydrogen) atoms. The average Bonchev–Trinajstić information content (AvgIpc) is 3.98. The lowest BCUT2D eigenvalue weighted by atomic mass is 9.85. The molecule has 11 heteroatoms. The van der Waals surface area contributed by atoms with E-state index in [1.165, 1.54) is 23.8 Å². The summed E-state index contributed by atoms with van der Waals surface area (Å²) in [5.74, 6) is 2.50. The molecule has 2 aromatic heterocycles. The molecule has 7 rings (SSSR count). The largest absolute Gasteiger partial charge is 0.453 e. The highest BCUT2D eigenvalue weighted by molar-refractivity contribution is 5.80. The van der Waals surface area contributed by atoms with Crippen LogP contribution in [0, 0.1) is 11.8 Å². The van der Waals surface area contributed by atoms with Crippen molar-refractivity contribution in [1.82, 2.24) is 35.1 Å². The molecule has 3 amide bonds. The van der Waals surface area contributed by atoms with Crippen LogP contribution in [0.25, 0.3) is 22.4 Å². The number of H-pyrrole nitrogens is 2. The normalized spacial score (nSPS) is 23.7. The van der Waals surface area contributed by atoms with E-state index in [0.29, 0.717) is 12.3 Å². The lowest BCUT2D eigenvalue weighted by Crippen LogP contribution is -2.42. The monoisotopic (exact) mass is 693 g/mol. The van der Waals surface area contributed by atoms with E-state index in [2.05, 4.69) is 65.5 Å². The fraction of sp³-hybridized carbons (Fsp3) is 0.525. The summed E-state index contributed by atoms with van der Waals surface area (Å²) in [6, 6.07) is 8.69. The summed E-state index contributed by atoms with van der Waals surface area (Å²) < 4.78 is 4.73. The number of carbonyl (C=O) groups is 3. The minimum absolute atomic E-state index is 0.0190. The first-order chi connectivity index (χ1) is 24.8. The number of aromatic amines is 2. The Bertz CT molecular complexity index is 1780. The highest BCUT2D eigenvalue weighted by Gasteiger charge is 2.37. The molecular formula is C40H51N7O4. The van der Waals surface area contributed by atoms with Gasteiger partial charge in [0.1, 0.15) is 11.6 Å². The zero-order chi connectivity index (χ0) is 35.5. The Morgan fingerprint density at radius 1 is 0.804 bits per heavy atom. The number of methoxy groups -OCH3 is 1. The molecule has 1 aromatic carbocycles. The van der Waals surface area contributed by atoms with Gasteiger partial charge in [-0.25, -0.2) is 14.8 Å². The summed E-state index contributed by atoms with van der Waals surface area (Å²) in [5, 5.41) is 2.88. The van der Waals surface area contributed by atoms with E-state index >= 15 is 0 Å². The van der Waals surface area contributed by atoms with Crippen LogP contribution in [0.3, 0.4) is 0 Å². The maximum absolute atomic E-state index is 13.6. The highest BCUT2D eigenvalue weighted by atomic mass is 16.5. The number of hydrogen-bond donors (Lipinski definition) is 3. The molecule has 0 unspecified atom stereocenters. The molecule has 0 bridgehead atoms. The fourth-order valence-electron chi connectivity index (χ4n) is 8.36. The van der Waals surface area contributed by atoms with Crippen LogP contribution in [-0.4, -0.2) is 73.9 Å². The van der Waals surface area contributed by atoms with Crippen LogP contribution >= 0.6 is 0 Å². The second-order valence-corrected chi connectivity index (χ2v) is 15.0. The van der Waals surface area contributed by atoms with E-state index in [1.807, 2.05) is 22.2 Å². The third kappa shape index (κ3) is 7.67. The predicted molar refractivity (Wildman–Crippen MR) is 196 cm³/mol. The molecule has 3 N–H and O–H groups in total. The second-order valence-electron chi connectivity index (χ2n) is 15.0. The number of allylic oxidation sites excluding steroid dienone is 4. The standard InChI is InChI=1S/C40H51N7O4/c1-25(2)22-36(48)46-20-4-6-34(46)37-41-23-32(44-37)28-12-8-26(9-13-28)27-10-14-29(15-11-27)33-24-42-38(45-33)35-7-5-21-47(35)39(49)30-16-18-31(19-17-30)43-40(50)51-3/h8,10-12,14-15,23-25,30-31,34-35H,4-7,9,13,16-22H2,1-3H3,(H,41,44)(H,42,45)(H,43,50)/t30?,31?,34-,35-/m0/s1. The van der Waals surface area contributed by atoms with E-state index < -0.39 is 6.09 Å². The number of alkyl carbamates (subject to hydrolysis) is 1. The molecule has 4 aliphatic rings. The summed E-state index contributed by atoms with van der Waals surface area (Å²) in [6.07, 6.45) is 17.2. The molecule has 0 radical (unpaired) electrons. The van der Waals surface area contributed by atoms with Crippen LogP contribution < -0.4 is 5.32 Å². The lowest BCUT2D eigenvalue weighted by Gasteiger charge is -2.32. The number of likely N-dealkylation sites (tertiary alicyclic amines) is 2. The number of benzene rings is 1. The SMILES string of the molecule is COC(=O)NC1CCC(C(=O)N2CCC[C@H]2c2ncc(-c3ccc(C4=CC=C(c5cnc([C@@H]6CCCN6C(=O)CC(C)C)[nH]5)CC4)cc3)[nH]2)CC1. The van der Waals surface area contributed by atoms with Crippen molar-refractivity contribution in [3.05, 3.63) is 71.7 Å². The second kappa shape index (κ2) is 15.3. The van der Waals surface area contributed by atoms with Crippen LogP contribution in [0.2, 0.25) is 0 Å². The number of amides is 3. The van der Waals surface area contributed by atoms with Crippen molar-refractivity contribution in [3.63, 3.8) is 0 Å². The summed E-state index contributed by atoms with van der Waals surface area (Å²) in [4.78, 5) is 58.6. The van der Waals surface area contributed by atoms with Crippen LogP contribution in [0.5, 0.6) is 0 Å². The third-order valence-electron chi connectivity index (χ3n) is 11.2. The Kier molecular flexibility index (Phi) is 10.4. The number of hydrogen-bond acceptors (Lipinski definition) is 6. The van der Waals surface area contributed by atoms with Gasteiger partial charge in [0.05, 0.1) is 43.0 Å². The van der Waals surface area contributed by atoms with Crippen molar-refractivity contribution >= 4 is 29.1 Å². The molecule has 2 saturated heterocycles. The van der Waals surface area contributed by atoms with Crippen LogP contribution in [0.15, 0.2) is 48.8 Å². The fourth-order valence-corrected chi connectivity index (χ4v) is 8.36. The van der Waals surface area contributed by atoms with Gasteiger partial charge < -0.3 is 29.8 Å². The van der Waals surface area contributed by atoms with E-state index in [4.69, 9.17) is 14.7 Å². The van der Waals surface area contributed by atoms with Crippen molar-refractivity contribution in [1.29, 1.82) is 0 Å². The number of ether oxygens (including phenoxy) is 1. The van der Waals surface area contributed by atoms with Crippen LogP contribution in [0.1, 0.15) is 119 Å². The average molecular weight is 694 g/mol. The van der Waals surface area contributed by atoms with E-state index in [-0.39, 0.29) is 35.9 Å². The van der Waals surface area contributed by atoms with Gasteiger partial charge in [-0.15, -0.1) is 0 Å². The van der Waals surface area contributed by atoms with Gasteiger partial charge in [-0.1, -0.05) is 50.3 Å². The third-order valence-corrected chi connectivity index (χ3v) is 11.2. The van der Waals surface area contributed by atoms with Crippen molar-refractivity contribution in [2.45, 2.75) is 103 Å². The van der Waals surface area contributed by atoms with Gasteiger partial charge in [0, 0.05) is 31.5 Å². The minimum atomic E-state index is -0.408. The zero-order valence-corrected chi connectivity index (χ0v) is 30.1.